The van der Waals surface area contributed by atoms with Gasteiger partial charge in [-0.05, 0) is 54.9 Å². The first-order valence-corrected chi connectivity index (χ1v) is 13.1. The largest absolute Gasteiger partial charge is 0.508 e. The van der Waals surface area contributed by atoms with Crippen molar-refractivity contribution in [3.8, 4) is 5.75 Å². The number of nitrogens with one attached hydrogen (secondary N) is 2. The fraction of sp³-hybridized carbons (Fsp3) is 0.583. The summed E-state index contributed by atoms with van der Waals surface area (Å²) in [7, 11) is 0. The lowest BCUT2D eigenvalue weighted by atomic mass is 10.0. The van der Waals surface area contributed by atoms with Gasteiger partial charge in [0, 0.05) is 13.0 Å². The fourth-order valence-corrected chi connectivity index (χ4v) is 4.37. The average molecular weight is 509 g/mol. The highest BCUT2D eigenvalue weighted by Gasteiger charge is 2.38. The fourth-order valence-electron chi connectivity index (χ4n) is 3.90. The zero-order valence-electron chi connectivity index (χ0n) is 20.4. The Labute approximate surface area is 210 Å². The SMILES string of the molecule is CSCCC(NC(=O)C(Cc1ccc(O)cc1)NC(=O)C(N)C(C)C)C(=O)N1CCCC1C(=O)O. The van der Waals surface area contributed by atoms with E-state index in [-0.39, 0.29) is 18.1 Å². The molecular weight excluding hydrogens is 472 g/mol. The lowest BCUT2D eigenvalue weighted by molar-refractivity contribution is -0.149. The molecule has 1 aromatic rings. The van der Waals surface area contributed by atoms with Gasteiger partial charge >= 0.3 is 5.97 Å². The van der Waals surface area contributed by atoms with Gasteiger partial charge in [-0.3, -0.25) is 14.4 Å². The number of benzene rings is 1. The highest BCUT2D eigenvalue weighted by molar-refractivity contribution is 7.98. The van der Waals surface area contributed by atoms with Crippen LogP contribution in [0.5, 0.6) is 5.75 Å². The summed E-state index contributed by atoms with van der Waals surface area (Å²) in [5, 5.41) is 24.5. The number of likely N-dealkylation sites (tertiary alicyclic amines) is 1. The van der Waals surface area contributed by atoms with Crippen molar-refractivity contribution in [3.05, 3.63) is 29.8 Å². The van der Waals surface area contributed by atoms with Gasteiger partial charge in [-0.1, -0.05) is 26.0 Å². The van der Waals surface area contributed by atoms with Crippen LogP contribution in [-0.2, 0) is 25.6 Å². The van der Waals surface area contributed by atoms with Gasteiger partial charge in [0.1, 0.15) is 23.9 Å². The Morgan fingerprint density at radius 1 is 1.11 bits per heavy atom. The molecule has 0 aliphatic carbocycles. The van der Waals surface area contributed by atoms with Gasteiger partial charge in [0.05, 0.1) is 6.04 Å². The first-order valence-electron chi connectivity index (χ1n) is 11.7. The number of nitrogens with zero attached hydrogens (tertiary/aromatic N) is 1. The van der Waals surface area contributed by atoms with Gasteiger partial charge in [-0.15, -0.1) is 0 Å². The Hall–Kier alpha value is -2.79. The van der Waals surface area contributed by atoms with E-state index in [2.05, 4.69) is 10.6 Å². The van der Waals surface area contributed by atoms with E-state index in [0.717, 1.165) is 0 Å². The Kier molecular flexibility index (Phi) is 10.8. The van der Waals surface area contributed by atoms with Crippen molar-refractivity contribution in [1.82, 2.24) is 15.5 Å². The molecule has 1 aliphatic rings. The molecule has 0 aromatic heterocycles. The molecule has 4 atom stereocenters. The molecule has 0 saturated carbocycles. The van der Waals surface area contributed by atoms with E-state index in [9.17, 15) is 29.4 Å². The van der Waals surface area contributed by atoms with Crippen LogP contribution in [0.2, 0.25) is 0 Å². The van der Waals surface area contributed by atoms with Crippen LogP contribution >= 0.6 is 11.8 Å². The lowest BCUT2D eigenvalue weighted by Gasteiger charge is -2.29. The van der Waals surface area contributed by atoms with Crippen LogP contribution in [0, 0.1) is 5.92 Å². The zero-order valence-corrected chi connectivity index (χ0v) is 21.2. The van der Waals surface area contributed by atoms with Crippen molar-refractivity contribution in [2.75, 3.05) is 18.6 Å². The third-order valence-electron chi connectivity index (χ3n) is 6.08. The van der Waals surface area contributed by atoms with Crippen LogP contribution in [0.4, 0.5) is 0 Å². The highest BCUT2D eigenvalue weighted by Crippen LogP contribution is 2.20. The van der Waals surface area contributed by atoms with E-state index >= 15 is 0 Å². The van der Waals surface area contributed by atoms with Crippen molar-refractivity contribution < 1.29 is 29.4 Å². The number of amides is 3. The second kappa shape index (κ2) is 13.3. The van der Waals surface area contributed by atoms with Gasteiger partial charge < -0.3 is 31.5 Å². The van der Waals surface area contributed by atoms with E-state index in [0.29, 0.717) is 37.1 Å². The molecule has 0 radical (unpaired) electrons. The molecule has 2 rings (SSSR count). The number of phenols is 1. The second-order valence-corrected chi connectivity index (χ2v) is 10.1. The third-order valence-corrected chi connectivity index (χ3v) is 6.72. The summed E-state index contributed by atoms with van der Waals surface area (Å²) in [6.07, 6.45) is 3.27. The molecule has 0 spiro atoms. The summed E-state index contributed by atoms with van der Waals surface area (Å²) in [4.78, 5) is 52.2. The Morgan fingerprint density at radius 3 is 2.31 bits per heavy atom. The standard InChI is InChI=1S/C24H36N4O6S/c1-14(2)20(25)22(31)27-18(13-15-6-8-16(29)9-7-15)21(30)26-17(10-12-35-3)23(32)28-11-4-5-19(28)24(33)34/h6-9,14,17-20,29H,4-5,10-13,25H2,1-3H3,(H,26,30)(H,27,31)(H,33,34). The first-order chi connectivity index (χ1) is 16.5. The molecule has 6 N–H and O–H groups in total. The number of phenolic OH excluding ortho intramolecular Hbond substituents is 1. The number of carboxylic acid groups (broad SMARTS) is 1. The molecule has 3 amide bonds. The van der Waals surface area contributed by atoms with Gasteiger partial charge in [0.25, 0.3) is 0 Å². The second-order valence-electron chi connectivity index (χ2n) is 9.07. The molecule has 1 aromatic carbocycles. The van der Waals surface area contributed by atoms with Gasteiger partial charge in [-0.2, -0.15) is 11.8 Å². The van der Waals surface area contributed by atoms with E-state index in [1.807, 2.05) is 6.26 Å². The summed E-state index contributed by atoms with van der Waals surface area (Å²) in [5.41, 5.74) is 6.66. The molecule has 4 unspecified atom stereocenters. The summed E-state index contributed by atoms with van der Waals surface area (Å²) in [6.45, 7) is 3.91. The number of carboxylic acids is 1. The van der Waals surface area contributed by atoms with Crippen molar-refractivity contribution >= 4 is 35.5 Å². The number of hydrogen-bond donors (Lipinski definition) is 5. The van der Waals surface area contributed by atoms with Crippen LogP contribution in [-0.4, -0.2) is 81.5 Å². The number of carbonyl (C=O) groups excluding carboxylic acids is 3. The molecule has 10 nitrogen and oxygen atoms in total. The van der Waals surface area contributed by atoms with Crippen LogP contribution in [0.25, 0.3) is 0 Å². The Balaban J connectivity index is 2.24. The molecule has 1 aliphatic heterocycles. The number of rotatable bonds is 12. The Bertz CT molecular complexity index is 895. The topological polar surface area (TPSA) is 162 Å². The number of thioether (sulfide) groups is 1. The number of aliphatic carboxylic acids is 1. The lowest BCUT2D eigenvalue weighted by Crippen LogP contribution is -2.58. The van der Waals surface area contributed by atoms with Crippen molar-refractivity contribution in [1.29, 1.82) is 0 Å². The summed E-state index contributed by atoms with van der Waals surface area (Å²) in [6, 6.07) is 2.58. The molecule has 11 heteroatoms. The van der Waals surface area contributed by atoms with Gasteiger partial charge in [-0.25, -0.2) is 4.79 Å². The average Bonchev–Trinajstić information content (AvgIpc) is 3.31. The van der Waals surface area contributed by atoms with E-state index in [1.165, 1.54) is 28.8 Å². The number of aromatic hydroxyl groups is 1. The molecule has 0 bridgehead atoms. The maximum atomic E-state index is 13.3. The number of hydrogen-bond acceptors (Lipinski definition) is 7. The van der Waals surface area contributed by atoms with Crippen molar-refractivity contribution in [2.24, 2.45) is 11.7 Å². The van der Waals surface area contributed by atoms with Crippen LogP contribution in [0.15, 0.2) is 24.3 Å². The zero-order chi connectivity index (χ0) is 26.1. The van der Waals surface area contributed by atoms with Gasteiger partial charge in [0.2, 0.25) is 17.7 Å². The molecular formula is C24H36N4O6S. The molecule has 1 fully saturated rings. The summed E-state index contributed by atoms with van der Waals surface area (Å²) in [5.74, 6) is -2.05. The number of carbonyl (C=O) groups is 4. The van der Waals surface area contributed by atoms with E-state index < -0.39 is 47.9 Å². The smallest absolute Gasteiger partial charge is 0.326 e. The minimum Gasteiger partial charge on any atom is -0.508 e. The van der Waals surface area contributed by atoms with Crippen LogP contribution in [0.3, 0.4) is 0 Å². The van der Waals surface area contributed by atoms with Gasteiger partial charge in [0.15, 0.2) is 0 Å². The quantitative estimate of drug-likeness (QED) is 0.276. The molecule has 35 heavy (non-hydrogen) atoms. The minimum atomic E-state index is -1.06. The molecule has 1 saturated heterocycles. The summed E-state index contributed by atoms with van der Waals surface area (Å²) >= 11 is 1.51. The van der Waals surface area contributed by atoms with Crippen LogP contribution < -0.4 is 16.4 Å². The minimum absolute atomic E-state index is 0.0712. The maximum absolute atomic E-state index is 13.3. The highest BCUT2D eigenvalue weighted by atomic mass is 32.2. The van der Waals surface area contributed by atoms with E-state index in [1.54, 1.807) is 26.0 Å². The normalized spacial score (nSPS) is 18.1. The Morgan fingerprint density at radius 2 is 1.74 bits per heavy atom. The van der Waals surface area contributed by atoms with Crippen molar-refractivity contribution in [3.63, 3.8) is 0 Å². The van der Waals surface area contributed by atoms with Crippen LogP contribution in [0.1, 0.15) is 38.7 Å². The number of nitrogens with two attached hydrogens (primary N) is 1. The predicted molar refractivity (Wildman–Crippen MR) is 134 cm³/mol. The molecule has 194 valence electrons. The summed E-state index contributed by atoms with van der Waals surface area (Å²) < 4.78 is 0. The first kappa shape index (κ1) is 28.4. The van der Waals surface area contributed by atoms with Crippen molar-refractivity contribution in [2.45, 2.75) is 63.7 Å². The third kappa shape index (κ3) is 8.14. The predicted octanol–water partition coefficient (Wildman–Crippen LogP) is 0.716. The monoisotopic (exact) mass is 508 g/mol. The van der Waals surface area contributed by atoms with E-state index in [4.69, 9.17) is 5.73 Å². The molecule has 1 heterocycles. The maximum Gasteiger partial charge on any atom is 0.326 e.